The van der Waals surface area contributed by atoms with Gasteiger partial charge in [0.2, 0.25) is 5.91 Å². The van der Waals surface area contributed by atoms with Crippen molar-refractivity contribution in [3.05, 3.63) is 0 Å². The average Bonchev–Trinajstić information content (AvgIpc) is 2.64. The van der Waals surface area contributed by atoms with E-state index in [-0.39, 0.29) is 11.9 Å². The molecule has 0 radical (unpaired) electrons. The van der Waals surface area contributed by atoms with Crippen LogP contribution in [0.1, 0.15) is 45.4 Å². The summed E-state index contributed by atoms with van der Waals surface area (Å²) in [5.74, 6) is 0.659. The second-order valence-electron chi connectivity index (χ2n) is 4.26. The van der Waals surface area contributed by atoms with Gasteiger partial charge in [0.05, 0.1) is 6.04 Å². The smallest absolute Gasteiger partial charge is 0.234 e. The predicted molar refractivity (Wildman–Crippen MR) is 57.9 cm³/mol. The third-order valence-corrected chi connectivity index (χ3v) is 3.17. The standard InChI is InChI=1S/C11H22N2O/c1-2-10(11(12)14)13-8-7-9-5-3-4-6-9/h9-10,13H,2-8H2,1H3,(H2,12,14). The van der Waals surface area contributed by atoms with Gasteiger partial charge in [-0.2, -0.15) is 0 Å². The molecule has 82 valence electrons. The molecule has 0 heterocycles. The van der Waals surface area contributed by atoms with Crippen LogP contribution in [0.15, 0.2) is 0 Å². The summed E-state index contributed by atoms with van der Waals surface area (Å²) in [6, 6.07) is -0.128. The molecule has 0 spiro atoms. The Hall–Kier alpha value is -0.570. The number of nitrogens with two attached hydrogens (primary N) is 1. The monoisotopic (exact) mass is 198 g/mol. The zero-order valence-electron chi connectivity index (χ0n) is 9.09. The quantitative estimate of drug-likeness (QED) is 0.678. The van der Waals surface area contributed by atoms with Gasteiger partial charge >= 0.3 is 0 Å². The Bertz CT molecular complexity index is 176. The van der Waals surface area contributed by atoms with Gasteiger partial charge in [-0.25, -0.2) is 0 Å². The molecule has 1 aliphatic carbocycles. The molecule has 0 saturated heterocycles. The first-order chi connectivity index (χ1) is 6.74. The second kappa shape index (κ2) is 6.02. The van der Waals surface area contributed by atoms with Gasteiger partial charge in [-0.1, -0.05) is 32.6 Å². The zero-order valence-corrected chi connectivity index (χ0v) is 9.09. The number of carbonyl (C=O) groups excluding carboxylic acids is 1. The SMILES string of the molecule is CCC(NCCC1CCCC1)C(N)=O. The van der Waals surface area contributed by atoms with Crippen molar-refractivity contribution in [1.29, 1.82) is 0 Å². The predicted octanol–water partition coefficient (Wildman–Crippen LogP) is 1.42. The van der Waals surface area contributed by atoms with Gasteiger partial charge in [-0.15, -0.1) is 0 Å². The molecule has 0 bridgehead atoms. The van der Waals surface area contributed by atoms with Crippen LogP contribution in [0.3, 0.4) is 0 Å². The van der Waals surface area contributed by atoms with Crippen LogP contribution >= 0.6 is 0 Å². The number of primary amides is 1. The maximum atomic E-state index is 10.9. The first-order valence-electron chi connectivity index (χ1n) is 5.76. The Balaban J connectivity index is 2.09. The minimum Gasteiger partial charge on any atom is -0.368 e. The maximum absolute atomic E-state index is 10.9. The van der Waals surface area contributed by atoms with E-state index in [1.807, 2.05) is 6.92 Å². The lowest BCUT2D eigenvalue weighted by molar-refractivity contribution is -0.120. The Labute approximate surface area is 86.4 Å². The average molecular weight is 198 g/mol. The van der Waals surface area contributed by atoms with E-state index in [1.165, 1.54) is 32.1 Å². The summed E-state index contributed by atoms with van der Waals surface area (Å²) in [5, 5.41) is 3.22. The fourth-order valence-electron chi connectivity index (χ4n) is 2.21. The molecule has 3 nitrogen and oxygen atoms in total. The fraction of sp³-hybridized carbons (Fsp3) is 0.909. The highest BCUT2D eigenvalue weighted by molar-refractivity contribution is 5.79. The van der Waals surface area contributed by atoms with Crippen LogP contribution in [0, 0.1) is 5.92 Å². The summed E-state index contributed by atoms with van der Waals surface area (Å²) in [6.07, 6.45) is 7.50. The van der Waals surface area contributed by atoms with Gasteiger partial charge in [0.1, 0.15) is 0 Å². The topological polar surface area (TPSA) is 55.1 Å². The molecule has 1 saturated carbocycles. The van der Waals surface area contributed by atoms with Crippen molar-refractivity contribution in [3.8, 4) is 0 Å². The number of nitrogens with one attached hydrogen (secondary N) is 1. The second-order valence-corrected chi connectivity index (χ2v) is 4.26. The van der Waals surface area contributed by atoms with E-state index < -0.39 is 0 Å². The number of amides is 1. The summed E-state index contributed by atoms with van der Waals surface area (Å²) < 4.78 is 0. The van der Waals surface area contributed by atoms with Crippen LogP contribution in [0.25, 0.3) is 0 Å². The van der Waals surface area contributed by atoms with Gasteiger partial charge in [-0.3, -0.25) is 4.79 Å². The van der Waals surface area contributed by atoms with Gasteiger partial charge in [0.25, 0.3) is 0 Å². The van der Waals surface area contributed by atoms with Crippen molar-refractivity contribution in [2.75, 3.05) is 6.54 Å². The molecule has 3 N–H and O–H groups in total. The van der Waals surface area contributed by atoms with Crippen LogP contribution < -0.4 is 11.1 Å². The third-order valence-electron chi connectivity index (χ3n) is 3.17. The number of carbonyl (C=O) groups is 1. The fourth-order valence-corrected chi connectivity index (χ4v) is 2.21. The summed E-state index contributed by atoms with van der Waals surface area (Å²) in [5.41, 5.74) is 5.24. The minimum absolute atomic E-state index is 0.128. The van der Waals surface area contributed by atoms with Gasteiger partial charge in [-0.05, 0) is 25.3 Å². The van der Waals surface area contributed by atoms with Gasteiger partial charge < -0.3 is 11.1 Å². The van der Waals surface area contributed by atoms with Crippen LogP contribution in [0.4, 0.5) is 0 Å². The van der Waals surface area contributed by atoms with Crippen molar-refractivity contribution in [2.45, 2.75) is 51.5 Å². The molecule has 0 aromatic rings. The molecule has 1 unspecified atom stereocenters. The Morgan fingerprint density at radius 3 is 2.64 bits per heavy atom. The normalized spacial score (nSPS) is 19.8. The summed E-state index contributed by atoms with van der Waals surface area (Å²) in [6.45, 7) is 2.92. The highest BCUT2D eigenvalue weighted by Gasteiger charge is 2.16. The molecule has 3 heteroatoms. The molecular formula is C11H22N2O. The van der Waals surface area contributed by atoms with Crippen LogP contribution in [0.2, 0.25) is 0 Å². The van der Waals surface area contributed by atoms with E-state index in [0.29, 0.717) is 0 Å². The molecule has 1 rings (SSSR count). The summed E-state index contributed by atoms with van der Waals surface area (Å²) >= 11 is 0. The maximum Gasteiger partial charge on any atom is 0.234 e. The lowest BCUT2D eigenvalue weighted by atomic mass is 10.0. The van der Waals surface area contributed by atoms with E-state index in [1.54, 1.807) is 0 Å². The Kier molecular flexibility index (Phi) is 4.94. The van der Waals surface area contributed by atoms with E-state index in [0.717, 1.165) is 18.9 Å². The van der Waals surface area contributed by atoms with Crippen molar-refractivity contribution >= 4 is 5.91 Å². The van der Waals surface area contributed by atoms with E-state index in [9.17, 15) is 4.79 Å². The lowest BCUT2D eigenvalue weighted by Gasteiger charge is -2.15. The number of hydrogen-bond acceptors (Lipinski definition) is 2. The molecule has 1 atom stereocenters. The zero-order chi connectivity index (χ0) is 10.4. The summed E-state index contributed by atoms with van der Waals surface area (Å²) in [7, 11) is 0. The van der Waals surface area contributed by atoms with Gasteiger partial charge in [0.15, 0.2) is 0 Å². The van der Waals surface area contributed by atoms with E-state index in [2.05, 4.69) is 5.32 Å². The first kappa shape index (κ1) is 11.5. The van der Waals surface area contributed by atoms with Crippen molar-refractivity contribution in [1.82, 2.24) is 5.32 Å². The Morgan fingerprint density at radius 1 is 1.50 bits per heavy atom. The summed E-state index contributed by atoms with van der Waals surface area (Å²) in [4.78, 5) is 10.9. The van der Waals surface area contributed by atoms with Crippen LogP contribution in [0.5, 0.6) is 0 Å². The molecule has 0 aromatic heterocycles. The first-order valence-corrected chi connectivity index (χ1v) is 5.76. The molecule has 1 amide bonds. The third kappa shape index (κ3) is 3.66. The molecule has 1 fully saturated rings. The van der Waals surface area contributed by atoms with E-state index >= 15 is 0 Å². The van der Waals surface area contributed by atoms with Crippen molar-refractivity contribution in [2.24, 2.45) is 11.7 Å². The highest BCUT2D eigenvalue weighted by atomic mass is 16.1. The highest BCUT2D eigenvalue weighted by Crippen LogP contribution is 2.26. The lowest BCUT2D eigenvalue weighted by Crippen LogP contribution is -2.41. The molecular weight excluding hydrogens is 176 g/mol. The molecule has 14 heavy (non-hydrogen) atoms. The van der Waals surface area contributed by atoms with Gasteiger partial charge in [0, 0.05) is 0 Å². The van der Waals surface area contributed by atoms with Crippen molar-refractivity contribution < 1.29 is 4.79 Å². The number of rotatable bonds is 6. The largest absolute Gasteiger partial charge is 0.368 e. The van der Waals surface area contributed by atoms with Crippen LogP contribution in [-0.4, -0.2) is 18.5 Å². The Morgan fingerprint density at radius 2 is 2.14 bits per heavy atom. The molecule has 0 aliphatic heterocycles. The number of hydrogen-bond donors (Lipinski definition) is 2. The molecule has 0 aromatic carbocycles. The minimum atomic E-state index is -0.223. The van der Waals surface area contributed by atoms with Crippen molar-refractivity contribution in [3.63, 3.8) is 0 Å². The van der Waals surface area contributed by atoms with Crippen LogP contribution in [-0.2, 0) is 4.79 Å². The van der Waals surface area contributed by atoms with E-state index in [4.69, 9.17) is 5.73 Å². The molecule has 1 aliphatic rings.